The first-order valence-electron chi connectivity index (χ1n) is 11.5. The predicted octanol–water partition coefficient (Wildman–Crippen LogP) is 4.40. The zero-order valence-corrected chi connectivity index (χ0v) is 19.2. The number of piperazine rings is 2. The van der Waals surface area contributed by atoms with E-state index in [1.165, 1.54) is 12.1 Å². The fourth-order valence-electron chi connectivity index (χ4n) is 4.58. The predicted molar refractivity (Wildman–Crippen MR) is 129 cm³/mol. The maximum atomic E-state index is 14.9. The van der Waals surface area contributed by atoms with Gasteiger partial charge in [-0.15, -0.1) is 0 Å². The highest BCUT2D eigenvalue weighted by atomic mass is 19.1. The van der Waals surface area contributed by atoms with E-state index < -0.39 is 0 Å². The molecule has 0 amide bonds. The van der Waals surface area contributed by atoms with Gasteiger partial charge in [-0.3, -0.25) is 0 Å². The van der Waals surface area contributed by atoms with Crippen LogP contribution in [0, 0.1) is 11.6 Å². The van der Waals surface area contributed by atoms with Gasteiger partial charge in [0.1, 0.15) is 23.2 Å². The summed E-state index contributed by atoms with van der Waals surface area (Å²) in [6, 6.07) is 14.1. The lowest BCUT2D eigenvalue weighted by Gasteiger charge is -2.34. The normalized spacial score (nSPS) is 18.2. The molecule has 5 rings (SSSR count). The van der Waals surface area contributed by atoms with E-state index in [2.05, 4.69) is 33.7 Å². The fourth-order valence-corrected chi connectivity index (χ4v) is 4.58. The average molecular weight is 453 g/mol. The van der Waals surface area contributed by atoms with Gasteiger partial charge in [-0.05, 0) is 62.6 Å². The molecule has 0 aliphatic carbocycles. The summed E-state index contributed by atoms with van der Waals surface area (Å²) >= 11 is 0. The molecule has 7 heteroatoms. The number of hydrogen-bond donors (Lipinski definition) is 0. The van der Waals surface area contributed by atoms with Crippen LogP contribution in [-0.4, -0.2) is 76.3 Å². The second kappa shape index (κ2) is 9.15. The van der Waals surface area contributed by atoms with Gasteiger partial charge in [-0.1, -0.05) is 0 Å². The molecule has 2 aliphatic rings. The Labute approximate surface area is 193 Å². The van der Waals surface area contributed by atoms with E-state index in [9.17, 15) is 8.78 Å². The van der Waals surface area contributed by atoms with Gasteiger partial charge in [0.15, 0.2) is 0 Å². The SMILES string of the molecule is CN1CCN(c2ccc(-c3ccc(-c4ccc(N5CCN(C)CC5)c(F)c4)o3)cc2F)CC1. The second-order valence-corrected chi connectivity index (χ2v) is 9.08. The lowest BCUT2D eigenvalue weighted by atomic mass is 10.1. The molecule has 2 aliphatic heterocycles. The highest BCUT2D eigenvalue weighted by Crippen LogP contribution is 2.33. The maximum absolute atomic E-state index is 14.9. The van der Waals surface area contributed by atoms with E-state index in [0.717, 1.165) is 52.4 Å². The largest absolute Gasteiger partial charge is 0.456 e. The summed E-state index contributed by atoms with van der Waals surface area (Å²) in [4.78, 5) is 8.65. The minimum absolute atomic E-state index is 0.252. The summed E-state index contributed by atoms with van der Waals surface area (Å²) in [5.74, 6) is 0.630. The van der Waals surface area contributed by atoms with Crippen LogP contribution in [0.2, 0.25) is 0 Å². The number of hydrogen-bond acceptors (Lipinski definition) is 5. The maximum Gasteiger partial charge on any atom is 0.147 e. The zero-order chi connectivity index (χ0) is 22.9. The van der Waals surface area contributed by atoms with E-state index in [1.807, 2.05) is 36.4 Å². The Hall–Kier alpha value is -2.90. The number of halogens is 2. The molecule has 0 N–H and O–H groups in total. The standard InChI is InChI=1S/C26H30F2N4O/c1-29-9-13-31(14-10-29)23-5-3-19(17-21(23)27)25-7-8-26(33-25)20-4-6-24(22(28)18-20)32-15-11-30(2)12-16-32/h3-8,17-18H,9-16H2,1-2H3. The van der Waals surface area contributed by atoms with Crippen LogP contribution in [0.3, 0.4) is 0 Å². The van der Waals surface area contributed by atoms with Gasteiger partial charge in [0.05, 0.1) is 11.4 Å². The van der Waals surface area contributed by atoms with Crippen LogP contribution < -0.4 is 9.80 Å². The summed E-state index contributed by atoms with van der Waals surface area (Å²) < 4.78 is 35.8. The molecule has 1 aromatic heterocycles. The van der Waals surface area contributed by atoms with Gasteiger partial charge in [-0.25, -0.2) is 8.78 Å². The van der Waals surface area contributed by atoms with Crippen LogP contribution in [0.25, 0.3) is 22.6 Å². The average Bonchev–Trinajstić information content (AvgIpc) is 3.31. The van der Waals surface area contributed by atoms with Crippen LogP contribution in [-0.2, 0) is 0 Å². The Morgan fingerprint density at radius 3 is 1.33 bits per heavy atom. The van der Waals surface area contributed by atoms with Crippen LogP contribution in [0.5, 0.6) is 0 Å². The molecular weight excluding hydrogens is 422 g/mol. The molecule has 0 bridgehead atoms. The number of likely N-dealkylation sites (N-methyl/N-ethyl adjacent to an activating group) is 2. The number of nitrogens with zero attached hydrogens (tertiary/aromatic N) is 4. The number of furan rings is 1. The minimum atomic E-state index is -0.252. The van der Waals surface area contributed by atoms with E-state index in [4.69, 9.17) is 4.42 Å². The summed E-state index contributed by atoms with van der Waals surface area (Å²) in [6.07, 6.45) is 0. The van der Waals surface area contributed by atoms with E-state index in [1.54, 1.807) is 0 Å². The number of benzene rings is 2. The van der Waals surface area contributed by atoms with Gasteiger partial charge >= 0.3 is 0 Å². The lowest BCUT2D eigenvalue weighted by Crippen LogP contribution is -2.44. The van der Waals surface area contributed by atoms with E-state index in [-0.39, 0.29) is 11.6 Å². The van der Waals surface area contributed by atoms with Crippen LogP contribution in [0.15, 0.2) is 52.9 Å². The second-order valence-electron chi connectivity index (χ2n) is 9.08. The smallest absolute Gasteiger partial charge is 0.147 e. The molecule has 0 saturated carbocycles. The van der Waals surface area contributed by atoms with Crippen molar-refractivity contribution in [1.29, 1.82) is 0 Å². The van der Waals surface area contributed by atoms with Crippen molar-refractivity contribution < 1.29 is 13.2 Å². The summed E-state index contributed by atoms with van der Waals surface area (Å²) in [6.45, 7) is 6.95. The van der Waals surface area contributed by atoms with Crippen LogP contribution >= 0.6 is 0 Å². The Balaban J connectivity index is 1.33. The molecule has 0 radical (unpaired) electrons. The quantitative estimate of drug-likeness (QED) is 0.585. The first-order chi connectivity index (χ1) is 16.0. The molecular formula is C26H30F2N4O. The Morgan fingerprint density at radius 2 is 0.970 bits per heavy atom. The van der Waals surface area contributed by atoms with Crippen molar-refractivity contribution in [2.45, 2.75) is 0 Å². The third kappa shape index (κ3) is 4.61. The lowest BCUT2D eigenvalue weighted by molar-refractivity contribution is 0.311. The molecule has 5 nitrogen and oxygen atoms in total. The van der Waals surface area contributed by atoms with Crippen molar-refractivity contribution in [3.8, 4) is 22.6 Å². The first kappa shape index (κ1) is 21.9. The van der Waals surface area contributed by atoms with Gasteiger partial charge in [0, 0.05) is 63.5 Å². The van der Waals surface area contributed by atoms with Crippen molar-refractivity contribution in [1.82, 2.24) is 9.80 Å². The topological polar surface area (TPSA) is 26.1 Å². The Bertz CT molecular complexity index is 1030. The molecule has 3 heterocycles. The molecule has 33 heavy (non-hydrogen) atoms. The van der Waals surface area contributed by atoms with Crippen molar-refractivity contribution in [3.63, 3.8) is 0 Å². The van der Waals surface area contributed by atoms with Crippen molar-refractivity contribution in [2.24, 2.45) is 0 Å². The Kier molecular flexibility index (Phi) is 6.08. The third-order valence-electron chi connectivity index (χ3n) is 6.76. The van der Waals surface area contributed by atoms with Gasteiger partial charge in [0.2, 0.25) is 0 Å². The van der Waals surface area contributed by atoms with Crippen molar-refractivity contribution >= 4 is 11.4 Å². The molecule has 0 spiro atoms. The summed E-state index contributed by atoms with van der Waals surface area (Å²) in [5.41, 5.74) is 2.60. The summed E-state index contributed by atoms with van der Waals surface area (Å²) in [7, 11) is 4.16. The van der Waals surface area contributed by atoms with Gasteiger partial charge < -0.3 is 24.0 Å². The van der Waals surface area contributed by atoms with Crippen molar-refractivity contribution in [2.75, 3.05) is 76.3 Å². The highest BCUT2D eigenvalue weighted by Gasteiger charge is 2.20. The molecule has 174 valence electrons. The monoisotopic (exact) mass is 452 g/mol. The van der Waals surface area contributed by atoms with Crippen LogP contribution in [0.1, 0.15) is 0 Å². The molecule has 2 fully saturated rings. The third-order valence-corrected chi connectivity index (χ3v) is 6.76. The molecule has 2 saturated heterocycles. The van der Waals surface area contributed by atoms with Crippen LogP contribution in [0.4, 0.5) is 20.2 Å². The highest BCUT2D eigenvalue weighted by molar-refractivity contribution is 5.68. The molecule has 0 atom stereocenters. The minimum Gasteiger partial charge on any atom is -0.456 e. The molecule has 0 unspecified atom stereocenters. The fraction of sp³-hybridized carbons (Fsp3) is 0.385. The molecule has 3 aromatic rings. The summed E-state index contributed by atoms with van der Waals surface area (Å²) in [5, 5.41) is 0. The van der Waals surface area contributed by atoms with E-state index >= 15 is 0 Å². The number of rotatable bonds is 4. The Morgan fingerprint density at radius 1 is 0.576 bits per heavy atom. The van der Waals surface area contributed by atoms with Crippen molar-refractivity contribution in [3.05, 3.63) is 60.2 Å². The van der Waals surface area contributed by atoms with Gasteiger partial charge in [-0.2, -0.15) is 0 Å². The molecule has 2 aromatic carbocycles. The zero-order valence-electron chi connectivity index (χ0n) is 19.2. The first-order valence-corrected chi connectivity index (χ1v) is 11.5. The van der Waals surface area contributed by atoms with Gasteiger partial charge in [0.25, 0.3) is 0 Å². The van der Waals surface area contributed by atoms with E-state index in [0.29, 0.717) is 34.0 Å². The number of anilines is 2.